The fourth-order valence-electron chi connectivity index (χ4n) is 7.20. The maximum atomic E-state index is 5.26. The van der Waals surface area contributed by atoms with Gasteiger partial charge in [0.05, 0.1) is 22.6 Å². The lowest BCUT2D eigenvalue weighted by Gasteiger charge is -2.11. The summed E-state index contributed by atoms with van der Waals surface area (Å²) in [5.41, 5.74) is 12.7. The first kappa shape index (κ1) is 31.0. The molecule has 0 spiro atoms. The summed E-state index contributed by atoms with van der Waals surface area (Å²) in [5, 5.41) is 3.65. The number of pyridine rings is 1. The van der Waals surface area contributed by atoms with Crippen molar-refractivity contribution in [3.05, 3.63) is 188 Å². The average Bonchev–Trinajstić information content (AvgIpc) is 3.64. The van der Waals surface area contributed by atoms with Crippen LogP contribution in [0.5, 0.6) is 0 Å². The number of hydrogen-bond donors (Lipinski definition) is 0. The number of nitrogens with zero attached hydrogens (tertiary/aromatic N) is 3. The van der Waals surface area contributed by atoms with Crippen LogP contribution in [0.15, 0.2) is 188 Å². The van der Waals surface area contributed by atoms with E-state index in [0.717, 1.165) is 56.0 Å². The first-order valence-electron chi connectivity index (χ1n) is 17.8. The monoisotopic (exact) mass is 693 g/mol. The molecule has 248 valence electrons. The summed E-state index contributed by atoms with van der Waals surface area (Å²) >= 11 is 1.85. The number of thiophene rings is 1. The largest absolute Gasteiger partial charge is 0.247 e. The molecule has 0 saturated heterocycles. The molecule has 7 aromatic carbocycles. The van der Waals surface area contributed by atoms with Gasteiger partial charge in [0.2, 0.25) is 0 Å². The van der Waals surface area contributed by atoms with Crippen molar-refractivity contribution >= 4 is 42.4 Å². The first-order valence-corrected chi connectivity index (χ1v) is 18.6. The van der Waals surface area contributed by atoms with Gasteiger partial charge in [-0.15, -0.1) is 11.3 Å². The van der Waals surface area contributed by atoms with E-state index in [0.29, 0.717) is 5.82 Å². The molecule has 3 heterocycles. The Morgan fingerprint density at radius 3 is 1.47 bits per heavy atom. The summed E-state index contributed by atoms with van der Waals surface area (Å²) in [6.45, 7) is 0. The van der Waals surface area contributed by atoms with E-state index in [1.807, 2.05) is 35.6 Å². The van der Waals surface area contributed by atoms with Crippen LogP contribution in [0.3, 0.4) is 0 Å². The number of aromatic nitrogens is 3. The van der Waals surface area contributed by atoms with E-state index >= 15 is 0 Å². The lowest BCUT2D eigenvalue weighted by molar-refractivity contribution is 1.18. The molecule has 0 bridgehead atoms. The molecule has 0 saturated carbocycles. The highest BCUT2D eigenvalue weighted by Gasteiger charge is 2.17. The van der Waals surface area contributed by atoms with Gasteiger partial charge in [0, 0.05) is 47.8 Å². The Bertz CT molecular complexity index is 2900. The predicted octanol–water partition coefficient (Wildman–Crippen LogP) is 13.4. The highest BCUT2D eigenvalue weighted by molar-refractivity contribution is 7.26. The van der Waals surface area contributed by atoms with Crippen molar-refractivity contribution in [2.75, 3.05) is 0 Å². The van der Waals surface area contributed by atoms with Crippen LogP contribution in [0.2, 0.25) is 0 Å². The van der Waals surface area contributed by atoms with Crippen molar-refractivity contribution in [2.45, 2.75) is 0 Å². The minimum absolute atomic E-state index is 0.707. The highest BCUT2D eigenvalue weighted by Crippen LogP contribution is 2.43. The van der Waals surface area contributed by atoms with E-state index in [4.69, 9.17) is 15.0 Å². The molecule has 0 aliphatic carbocycles. The van der Waals surface area contributed by atoms with Gasteiger partial charge in [-0.05, 0) is 46.5 Å². The zero-order valence-corrected chi connectivity index (χ0v) is 29.5. The summed E-state index contributed by atoms with van der Waals surface area (Å²) in [4.78, 5) is 15.4. The quantitative estimate of drug-likeness (QED) is 0.174. The zero-order valence-electron chi connectivity index (χ0n) is 28.6. The smallest absolute Gasteiger partial charge is 0.160 e. The van der Waals surface area contributed by atoms with Crippen molar-refractivity contribution in [2.24, 2.45) is 0 Å². The molecule has 53 heavy (non-hydrogen) atoms. The standard InChI is InChI=1S/C49H31N3S/c1-4-12-32(13-5-1)33-20-24-35(25-21-33)43-31-44(52-49(51-43)38-16-8-3-9-17-38)36-26-22-34(23-27-36)39-28-29-42-41(30-39)48-46(40-18-10-11-19-45(40)53-48)47(50-42)37-14-6-2-7-15-37/h1-31H. The maximum Gasteiger partial charge on any atom is 0.160 e. The van der Waals surface area contributed by atoms with Crippen LogP contribution >= 0.6 is 11.3 Å². The lowest BCUT2D eigenvalue weighted by Crippen LogP contribution is -1.96. The second kappa shape index (κ2) is 13.1. The van der Waals surface area contributed by atoms with Crippen LogP contribution in [0.25, 0.3) is 98.5 Å². The summed E-state index contributed by atoms with van der Waals surface area (Å²) in [5.74, 6) is 0.707. The molecule has 10 rings (SSSR count). The van der Waals surface area contributed by atoms with Crippen molar-refractivity contribution in [1.29, 1.82) is 0 Å². The van der Waals surface area contributed by atoms with E-state index in [-0.39, 0.29) is 0 Å². The van der Waals surface area contributed by atoms with E-state index in [9.17, 15) is 0 Å². The Morgan fingerprint density at radius 2 is 0.830 bits per heavy atom. The fraction of sp³-hybridized carbons (Fsp3) is 0. The van der Waals surface area contributed by atoms with E-state index < -0.39 is 0 Å². The molecule has 0 amide bonds. The molecule has 0 radical (unpaired) electrons. The molecule has 0 fully saturated rings. The molecule has 0 unspecified atom stereocenters. The average molecular weight is 694 g/mol. The van der Waals surface area contributed by atoms with Gasteiger partial charge in [0.15, 0.2) is 5.82 Å². The summed E-state index contributed by atoms with van der Waals surface area (Å²) in [7, 11) is 0. The Balaban J connectivity index is 1.05. The van der Waals surface area contributed by atoms with E-state index in [2.05, 4.69) is 164 Å². The molecular formula is C49H31N3S. The Hall–Kier alpha value is -6.75. The van der Waals surface area contributed by atoms with Gasteiger partial charge in [-0.1, -0.05) is 164 Å². The molecular weight excluding hydrogens is 663 g/mol. The topological polar surface area (TPSA) is 38.7 Å². The maximum absolute atomic E-state index is 5.26. The third kappa shape index (κ3) is 5.76. The van der Waals surface area contributed by atoms with Crippen LogP contribution in [-0.4, -0.2) is 15.0 Å². The van der Waals surface area contributed by atoms with Crippen molar-refractivity contribution in [1.82, 2.24) is 15.0 Å². The van der Waals surface area contributed by atoms with Crippen LogP contribution in [0, 0.1) is 0 Å². The van der Waals surface area contributed by atoms with Gasteiger partial charge in [-0.3, -0.25) is 0 Å². The van der Waals surface area contributed by atoms with Crippen LogP contribution < -0.4 is 0 Å². The van der Waals surface area contributed by atoms with Crippen LogP contribution in [0.1, 0.15) is 0 Å². The second-order valence-corrected chi connectivity index (χ2v) is 14.3. The van der Waals surface area contributed by atoms with Gasteiger partial charge >= 0.3 is 0 Å². The number of rotatable bonds is 6. The van der Waals surface area contributed by atoms with Gasteiger partial charge in [0.25, 0.3) is 0 Å². The van der Waals surface area contributed by atoms with Crippen molar-refractivity contribution in [3.8, 4) is 67.4 Å². The highest BCUT2D eigenvalue weighted by atomic mass is 32.1. The summed E-state index contributed by atoms with van der Waals surface area (Å²) < 4.78 is 2.54. The molecule has 0 N–H and O–H groups in total. The Kier molecular flexibility index (Phi) is 7.67. The van der Waals surface area contributed by atoms with Crippen LogP contribution in [0.4, 0.5) is 0 Å². The van der Waals surface area contributed by atoms with Crippen molar-refractivity contribution < 1.29 is 0 Å². The molecule has 4 heteroatoms. The summed E-state index contributed by atoms with van der Waals surface area (Å²) in [6, 6.07) is 66.0. The summed E-state index contributed by atoms with van der Waals surface area (Å²) in [6.07, 6.45) is 0. The zero-order chi connectivity index (χ0) is 35.1. The SMILES string of the molecule is c1ccc(-c2ccc(-c3cc(-c4ccc(-c5ccc6nc(-c7ccccc7)c7c8ccccc8sc7c6c5)cc4)nc(-c4ccccc4)n3)cc2)cc1. The number of benzene rings is 7. The van der Waals surface area contributed by atoms with Gasteiger partial charge in [-0.25, -0.2) is 15.0 Å². The third-order valence-corrected chi connectivity index (χ3v) is 11.1. The van der Waals surface area contributed by atoms with E-state index in [1.165, 1.54) is 36.7 Å². The third-order valence-electron chi connectivity index (χ3n) is 9.91. The van der Waals surface area contributed by atoms with E-state index in [1.54, 1.807) is 0 Å². The minimum Gasteiger partial charge on any atom is -0.247 e. The number of hydrogen-bond acceptors (Lipinski definition) is 4. The predicted molar refractivity (Wildman–Crippen MR) is 223 cm³/mol. The normalized spacial score (nSPS) is 11.4. The molecule has 0 aliphatic heterocycles. The molecule has 0 aliphatic rings. The molecule has 3 aromatic heterocycles. The fourth-order valence-corrected chi connectivity index (χ4v) is 8.43. The van der Waals surface area contributed by atoms with Gasteiger partial charge in [0.1, 0.15) is 0 Å². The number of fused-ring (bicyclic) bond motifs is 5. The Labute approximate surface area is 311 Å². The first-order chi connectivity index (χ1) is 26.2. The molecule has 0 atom stereocenters. The van der Waals surface area contributed by atoms with Gasteiger partial charge < -0.3 is 0 Å². The van der Waals surface area contributed by atoms with Crippen LogP contribution in [-0.2, 0) is 0 Å². The van der Waals surface area contributed by atoms with Crippen molar-refractivity contribution in [3.63, 3.8) is 0 Å². The second-order valence-electron chi connectivity index (χ2n) is 13.2. The minimum atomic E-state index is 0.707. The molecule has 3 nitrogen and oxygen atoms in total. The van der Waals surface area contributed by atoms with Gasteiger partial charge in [-0.2, -0.15) is 0 Å². The lowest BCUT2D eigenvalue weighted by atomic mass is 9.98. The Morgan fingerprint density at radius 1 is 0.340 bits per heavy atom. The molecule has 10 aromatic rings.